The second kappa shape index (κ2) is 8.75. The minimum absolute atomic E-state index is 0.208. The average Bonchev–Trinajstić information content (AvgIpc) is 2.78. The van der Waals surface area contributed by atoms with E-state index in [2.05, 4.69) is 47.1 Å². The summed E-state index contributed by atoms with van der Waals surface area (Å²) in [4.78, 5) is 22.1. The highest BCUT2D eigenvalue weighted by molar-refractivity contribution is 5.97. The van der Waals surface area contributed by atoms with Crippen molar-refractivity contribution in [2.24, 2.45) is 0 Å². The number of carbonyl (C=O) groups is 1. The van der Waals surface area contributed by atoms with E-state index < -0.39 is 0 Å². The van der Waals surface area contributed by atoms with Gasteiger partial charge in [0.2, 0.25) is 0 Å². The Bertz CT molecular complexity index is 989. The van der Waals surface area contributed by atoms with Gasteiger partial charge < -0.3 is 9.80 Å². The Morgan fingerprint density at radius 1 is 0.966 bits per heavy atom. The van der Waals surface area contributed by atoms with Gasteiger partial charge in [-0.2, -0.15) is 0 Å². The summed E-state index contributed by atoms with van der Waals surface area (Å²) in [6, 6.07) is 18.6. The second-order valence-electron chi connectivity index (χ2n) is 7.72. The van der Waals surface area contributed by atoms with Gasteiger partial charge in [0.05, 0.1) is 5.69 Å². The summed E-state index contributed by atoms with van der Waals surface area (Å²) < 4.78 is 0. The minimum atomic E-state index is 0.208. The largest absolute Gasteiger partial charge is 0.354 e. The molecule has 150 valence electrons. The van der Waals surface area contributed by atoms with Gasteiger partial charge in [0, 0.05) is 49.1 Å². The van der Waals surface area contributed by atoms with E-state index in [9.17, 15) is 4.79 Å². The molecule has 4 heteroatoms. The van der Waals surface area contributed by atoms with Gasteiger partial charge in [0.15, 0.2) is 5.78 Å². The molecule has 0 radical (unpaired) electrons. The lowest BCUT2D eigenvalue weighted by atomic mass is 10.0. The molecular weight excluding hydrogens is 358 g/mol. The van der Waals surface area contributed by atoms with Gasteiger partial charge in [-0.3, -0.25) is 4.79 Å². The van der Waals surface area contributed by atoms with Crippen molar-refractivity contribution in [2.45, 2.75) is 26.7 Å². The third-order valence-corrected chi connectivity index (χ3v) is 5.82. The number of ketones is 1. The maximum Gasteiger partial charge on any atom is 0.162 e. The number of anilines is 1. The molecule has 1 aromatic heterocycles. The van der Waals surface area contributed by atoms with Crippen molar-refractivity contribution in [1.29, 1.82) is 0 Å². The Hall–Kier alpha value is -2.72. The van der Waals surface area contributed by atoms with Crippen LogP contribution in [0.3, 0.4) is 0 Å². The van der Waals surface area contributed by atoms with Crippen molar-refractivity contribution in [3.8, 4) is 11.3 Å². The van der Waals surface area contributed by atoms with Crippen LogP contribution in [0.2, 0.25) is 0 Å². The molecule has 4 rings (SSSR count). The second-order valence-corrected chi connectivity index (χ2v) is 7.72. The Morgan fingerprint density at radius 3 is 2.38 bits per heavy atom. The van der Waals surface area contributed by atoms with E-state index in [-0.39, 0.29) is 5.78 Å². The number of hydrogen-bond donors (Lipinski definition) is 0. The van der Waals surface area contributed by atoms with Gasteiger partial charge >= 0.3 is 0 Å². The van der Waals surface area contributed by atoms with Crippen LogP contribution in [-0.4, -0.2) is 48.4 Å². The fraction of sp³-hybridized carbons (Fsp3) is 0.360. The maximum atomic E-state index is 12.2. The normalized spacial score (nSPS) is 15.0. The number of likely N-dealkylation sites (N-methyl/N-ethyl adjacent to an activating group) is 1. The first kappa shape index (κ1) is 19.6. The highest BCUT2D eigenvalue weighted by Crippen LogP contribution is 2.31. The van der Waals surface area contributed by atoms with Gasteiger partial charge in [0.25, 0.3) is 0 Å². The van der Waals surface area contributed by atoms with Crippen molar-refractivity contribution in [1.82, 2.24) is 9.88 Å². The summed E-state index contributed by atoms with van der Waals surface area (Å²) in [6.07, 6.45) is 1.48. The molecule has 0 spiro atoms. The number of carbonyl (C=O) groups excluding carboxylic acids is 1. The Labute approximate surface area is 173 Å². The van der Waals surface area contributed by atoms with Crippen LogP contribution in [0.15, 0.2) is 54.6 Å². The topological polar surface area (TPSA) is 36.4 Å². The molecule has 29 heavy (non-hydrogen) atoms. The van der Waals surface area contributed by atoms with Crippen LogP contribution >= 0.6 is 0 Å². The van der Waals surface area contributed by atoms with Crippen LogP contribution in [0.5, 0.6) is 0 Å². The molecule has 0 N–H and O–H groups in total. The summed E-state index contributed by atoms with van der Waals surface area (Å²) in [5, 5.41) is 2.41. The highest BCUT2D eigenvalue weighted by atomic mass is 16.1. The molecule has 0 aliphatic carbocycles. The predicted molar refractivity (Wildman–Crippen MR) is 121 cm³/mol. The molecule has 1 saturated heterocycles. The number of aromatic nitrogens is 1. The molecule has 2 aromatic carbocycles. The van der Waals surface area contributed by atoms with Crippen molar-refractivity contribution in [3.05, 3.63) is 60.2 Å². The molecular formula is C25H29N3O. The van der Waals surface area contributed by atoms with E-state index in [1.165, 1.54) is 10.8 Å². The van der Waals surface area contributed by atoms with E-state index in [1.54, 1.807) is 0 Å². The van der Waals surface area contributed by atoms with Crippen LogP contribution in [-0.2, 0) is 0 Å². The van der Waals surface area contributed by atoms with Gasteiger partial charge in [-0.1, -0.05) is 62.4 Å². The zero-order chi connectivity index (χ0) is 20.2. The van der Waals surface area contributed by atoms with Crippen LogP contribution in [0.4, 0.5) is 5.82 Å². The first-order chi connectivity index (χ1) is 14.2. The van der Waals surface area contributed by atoms with Crippen molar-refractivity contribution in [2.75, 3.05) is 37.6 Å². The van der Waals surface area contributed by atoms with E-state index in [0.717, 1.165) is 61.8 Å². The lowest BCUT2D eigenvalue weighted by molar-refractivity contribution is 0.0982. The number of hydrogen-bond acceptors (Lipinski definition) is 4. The van der Waals surface area contributed by atoms with Gasteiger partial charge in [-0.25, -0.2) is 4.98 Å². The molecule has 0 amide bonds. The van der Waals surface area contributed by atoms with Crippen LogP contribution in [0, 0.1) is 0 Å². The summed E-state index contributed by atoms with van der Waals surface area (Å²) in [6.45, 7) is 9.50. The fourth-order valence-electron chi connectivity index (χ4n) is 4.04. The van der Waals surface area contributed by atoms with Gasteiger partial charge in [-0.05, 0) is 24.4 Å². The molecule has 1 fully saturated rings. The first-order valence-corrected chi connectivity index (χ1v) is 10.7. The smallest absolute Gasteiger partial charge is 0.162 e. The van der Waals surface area contributed by atoms with Crippen LogP contribution in [0.1, 0.15) is 37.0 Å². The maximum absolute atomic E-state index is 12.2. The Morgan fingerprint density at radius 2 is 1.69 bits per heavy atom. The standard InChI is InChI=1S/C25H29N3O/c1-3-7-24(29)20-12-10-19(11-13-20)23-18-21-8-5-6-9-22(21)25(26-23)28-16-14-27(4-2)15-17-28/h5-6,8-13,18H,3-4,7,14-17H2,1-2H3. The summed E-state index contributed by atoms with van der Waals surface area (Å²) in [5.41, 5.74) is 2.80. The van der Waals surface area contributed by atoms with Crippen molar-refractivity contribution >= 4 is 22.4 Å². The average molecular weight is 388 g/mol. The van der Waals surface area contributed by atoms with E-state index in [1.807, 2.05) is 31.2 Å². The number of piperazine rings is 1. The van der Waals surface area contributed by atoms with E-state index >= 15 is 0 Å². The fourth-order valence-corrected chi connectivity index (χ4v) is 4.04. The lowest BCUT2D eigenvalue weighted by Gasteiger charge is -2.35. The lowest BCUT2D eigenvalue weighted by Crippen LogP contribution is -2.46. The van der Waals surface area contributed by atoms with Crippen LogP contribution in [0.25, 0.3) is 22.0 Å². The minimum Gasteiger partial charge on any atom is -0.354 e. The van der Waals surface area contributed by atoms with Crippen molar-refractivity contribution < 1.29 is 4.79 Å². The number of nitrogens with zero attached hydrogens (tertiary/aromatic N) is 3. The number of pyridine rings is 1. The van der Waals surface area contributed by atoms with E-state index in [4.69, 9.17) is 4.98 Å². The number of rotatable bonds is 6. The van der Waals surface area contributed by atoms with Gasteiger partial charge in [0.1, 0.15) is 5.82 Å². The monoisotopic (exact) mass is 387 g/mol. The number of Topliss-reactive ketones (excluding diaryl/α,β-unsaturated/α-hetero) is 1. The zero-order valence-corrected chi connectivity index (χ0v) is 17.4. The Balaban J connectivity index is 1.70. The zero-order valence-electron chi connectivity index (χ0n) is 17.4. The number of benzene rings is 2. The summed E-state index contributed by atoms with van der Waals surface area (Å²) in [7, 11) is 0. The molecule has 1 aliphatic rings. The van der Waals surface area contributed by atoms with Crippen LogP contribution < -0.4 is 4.90 Å². The number of fused-ring (bicyclic) bond motifs is 1. The molecule has 1 aliphatic heterocycles. The van der Waals surface area contributed by atoms with Crippen molar-refractivity contribution in [3.63, 3.8) is 0 Å². The Kier molecular flexibility index (Phi) is 5.91. The highest BCUT2D eigenvalue weighted by Gasteiger charge is 2.19. The summed E-state index contributed by atoms with van der Waals surface area (Å²) in [5.74, 6) is 1.28. The molecule has 0 unspecified atom stereocenters. The third kappa shape index (κ3) is 4.18. The van der Waals surface area contributed by atoms with E-state index in [0.29, 0.717) is 6.42 Å². The summed E-state index contributed by atoms with van der Waals surface area (Å²) >= 11 is 0. The molecule has 2 heterocycles. The molecule has 3 aromatic rings. The quantitative estimate of drug-likeness (QED) is 0.556. The first-order valence-electron chi connectivity index (χ1n) is 10.7. The molecule has 0 atom stereocenters. The third-order valence-electron chi connectivity index (χ3n) is 5.82. The predicted octanol–water partition coefficient (Wildman–Crippen LogP) is 5.03. The molecule has 0 saturated carbocycles. The molecule has 0 bridgehead atoms. The molecule has 4 nitrogen and oxygen atoms in total. The van der Waals surface area contributed by atoms with Gasteiger partial charge in [-0.15, -0.1) is 0 Å². The SMILES string of the molecule is CCCC(=O)c1ccc(-c2cc3ccccc3c(N3CCN(CC)CC3)n2)cc1.